The molecule has 0 aliphatic rings. The molecule has 1 aromatic rings. The van der Waals surface area contributed by atoms with E-state index in [4.69, 9.17) is 5.73 Å². The van der Waals surface area contributed by atoms with Crippen LogP contribution in [0.5, 0.6) is 0 Å². The zero-order valence-electron chi connectivity index (χ0n) is 11.8. The van der Waals surface area contributed by atoms with Gasteiger partial charge in [0.05, 0.1) is 34.2 Å². The topological polar surface area (TPSA) is 29.3 Å². The van der Waals surface area contributed by atoms with Gasteiger partial charge >= 0.3 is 0 Å². The number of anilines is 2. The van der Waals surface area contributed by atoms with Crippen LogP contribution in [0.15, 0.2) is 18.2 Å². The fraction of sp³-hybridized carbons (Fsp3) is 0.571. The van der Waals surface area contributed by atoms with E-state index in [-0.39, 0.29) is 0 Å². The molecule has 0 amide bonds. The Kier molecular flexibility index (Phi) is 4.40. The minimum atomic E-state index is 0.872. The molecule has 0 fully saturated rings. The lowest BCUT2D eigenvalue weighted by molar-refractivity contribution is -0.868. The van der Waals surface area contributed by atoms with Gasteiger partial charge in [0, 0.05) is 17.9 Å². The van der Waals surface area contributed by atoms with Crippen LogP contribution in [0.1, 0.15) is 12.5 Å². The van der Waals surface area contributed by atoms with Gasteiger partial charge in [0.15, 0.2) is 0 Å². The number of aryl methyl sites for hydroxylation is 1. The molecule has 1 rings (SSSR count). The van der Waals surface area contributed by atoms with Crippen molar-refractivity contribution in [1.82, 2.24) is 0 Å². The molecule has 0 atom stereocenters. The van der Waals surface area contributed by atoms with Crippen molar-refractivity contribution in [3.63, 3.8) is 0 Å². The fourth-order valence-electron chi connectivity index (χ4n) is 1.75. The van der Waals surface area contributed by atoms with Crippen LogP contribution >= 0.6 is 0 Å². The predicted octanol–water partition coefficient (Wildman–Crippen LogP) is 2.11. The number of nitrogen functional groups attached to an aromatic ring is 1. The molecule has 0 radical (unpaired) electrons. The molecule has 0 saturated heterocycles. The zero-order valence-corrected chi connectivity index (χ0v) is 11.8. The first-order valence-corrected chi connectivity index (χ1v) is 6.25. The summed E-state index contributed by atoms with van der Waals surface area (Å²) in [6.45, 7) is 7.50. The van der Waals surface area contributed by atoms with Crippen molar-refractivity contribution < 1.29 is 4.48 Å². The van der Waals surface area contributed by atoms with E-state index in [1.165, 1.54) is 5.69 Å². The number of rotatable bonds is 5. The van der Waals surface area contributed by atoms with Gasteiger partial charge in [0.25, 0.3) is 0 Å². The van der Waals surface area contributed by atoms with Crippen LogP contribution in [0.3, 0.4) is 0 Å². The van der Waals surface area contributed by atoms with E-state index in [1.54, 1.807) is 0 Å². The highest BCUT2D eigenvalue weighted by Crippen LogP contribution is 2.20. The van der Waals surface area contributed by atoms with Crippen molar-refractivity contribution in [2.24, 2.45) is 0 Å². The second-order valence-electron chi connectivity index (χ2n) is 5.63. The molecule has 3 heteroatoms. The van der Waals surface area contributed by atoms with E-state index < -0.39 is 0 Å². The van der Waals surface area contributed by atoms with Gasteiger partial charge in [0.1, 0.15) is 0 Å². The van der Waals surface area contributed by atoms with E-state index in [2.05, 4.69) is 52.0 Å². The fourth-order valence-corrected chi connectivity index (χ4v) is 1.75. The van der Waals surface area contributed by atoms with E-state index in [1.807, 2.05) is 6.07 Å². The number of nitrogens with zero attached hydrogens (tertiary/aromatic N) is 2. The average Bonchev–Trinajstić information content (AvgIpc) is 2.22. The molecule has 96 valence electrons. The molecule has 3 nitrogen and oxygen atoms in total. The Morgan fingerprint density at radius 2 is 1.88 bits per heavy atom. The summed E-state index contributed by atoms with van der Waals surface area (Å²) in [5, 5.41) is 0. The minimum Gasteiger partial charge on any atom is -0.399 e. The first-order valence-electron chi connectivity index (χ1n) is 6.25. The molecule has 2 N–H and O–H groups in total. The lowest BCUT2D eigenvalue weighted by Crippen LogP contribution is -2.42. The first kappa shape index (κ1) is 13.8. The molecular weight excluding hydrogens is 210 g/mol. The van der Waals surface area contributed by atoms with Crippen LogP contribution in [0.2, 0.25) is 0 Å². The summed E-state index contributed by atoms with van der Waals surface area (Å²) in [7, 11) is 6.67. The summed E-state index contributed by atoms with van der Waals surface area (Å²) in [6, 6.07) is 6.29. The second-order valence-corrected chi connectivity index (χ2v) is 5.63. The monoisotopic (exact) mass is 236 g/mol. The molecule has 0 heterocycles. The van der Waals surface area contributed by atoms with Gasteiger partial charge in [-0.15, -0.1) is 0 Å². The molecular formula is C14H26N3+. The zero-order chi connectivity index (χ0) is 13.1. The van der Waals surface area contributed by atoms with Crippen molar-refractivity contribution in [2.75, 3.05) is 51.4 Å². The quantitative estimate of drug-likeness (QED) is 0.627. The summed E-state index contributed by atoms with van der Waals surface area (Å²) in [5.74, 6) is 0. The van der Waals surface area contributed by atoms with Crippen molar-refractivity contribution in [3.8, 4) is 0 Å². The Morgan fingerprint density at radius 1 is 1.24 bits per heavy atom. The lowest BCUT2D eigenvalue weighted by Gasteiger charge is -2.30. The average molecular weight is 236 g/mol. The Bertz CT molecular complexity index is 366. The highest BCUT2D eigenvalue weighted by atomic mass is 15.3. The number of hydrogen-bond donors (Lipinski definition) is 1. The SMILES string of the molecule is CCN(CC[N+](C)(C)C)c1ccc(N)c(C)c1. The Morgan fingerprint density at radius 3 is 2.35 bits per heavy atom. The summed E-state index contributed by atoms with van der Waals surface area (Å²) in [6.07, 6.45) is 0. The smallest absolute Gasteiger partial charge is 0.0958 e. The third-order valence-electron chi connectivity index (χ3n) is 3.04. The van der Waals surface area contributed by atoms with Crippen LogP contribution in [-0.2, 0) is 0 Å². The predicted molar refractivity (Wildman–Crippen MR) is 76.4 cm³/mol. The van der Waals surface area contributed by atoms with Crippen LogP contribution in [0, 0.1) is 6.92 Å². The molecule has 0 aromatic heterocycles. The molecule has 17 heavy (non-hydrogen) atoms. The van der Waals surface area contributed by atoms with E-state index >= 15 is 0 Å². The molecule has 0 bridgehead atoms. The number of likely N-dealkylation sites (N-methyl/N-ethyl adjacent to an activating group) is 2. The third-order valence-corrected chi connectivity index (χ3v) is 3.04. The standard InChI is InChI=1S/C14H26N3/c1-6-16(9-10-17(3,4)5)13-7-8-14(15)12(2)11-13/h7-8,11H,6,9-10,15H2,1-5H3/q+1. The maximum Gasteiger partial charge on any atom is 0.0958 e. The largest absolute Gasteiger partial charge is 0.399 e. The summed E-state index contributed by atoms with van der Waals surface area (Å²) >= 11 is 0. The summed E-state index contributed by atoms with van der Waals surface area (Å²) in [5.41, 5.74) is 9.15. The molecule has 0 aliphatic heterocycles. The van der Waals surface area contributed by atoms with Gasteiger partial charge in [-0.1, -0.05) is 0 Å². The Hall–Kier alpha value is -1.22. The van der Waals surface area contributed by atoms with Gasteiger partial charge in [-0.3, -0.25) is 0 Å². The minimum absolute atomic E-state index is 0.872. The molecule has 0 saturated carbocycles. The number of benzene rings is 1. The van der Waals surface area contributed by atoms with Gasteiger partial charge in [-0.2, -0.15) is 0 Å². The van der Waals surface area contributed by atoms with Gasteiger partial charge in [0.2, 0.25) is 0 Å². The van der Waals surface area contributed by atoms with E-state index in [0.717, 1.165) is 35.4 Å². The van der Waals surface area contributed by atoms with Gasteiger partial charge in [-0.05, 0) is 37.6 Å². The van der Waals surface area contributed by atoms with Crippen LogP contribution in [0.25, 0.3) is 0 Å². The summed E-state index contributed by atoms with van der Waals surface area (Å²) < 4.78 is 0.991. The van der Waals surface area contributed by atoms with Crippen molar-refractivity contribution in [3.05, 3.63) is 23.8 Å². The van der Waals surface area contributed by atoms with Crippen LogP contribution < -0.4 is 10.6 Å². The Balaban J connectivity index is 2.76. The van der Waals surface area contributed by atoms with E-state index in [0.29, 0.717) is 0 Å². The molecule has 0 unspecified atom stereocenters. The number of hydrogen-bond acceptors (Lipinski definition) is 2. The van der Waals surface area contributed by atoms with Gasteiger partial charge in [-0.25, -0.2) is 0 Å². The normalized spacial score (nSPS) is 11.6. The first-order chi connectivity index (χ1) is 7.83. The maximum absolute atomic E-state index is 5.85. The third kappa shape index (κ3) is 4.27. The maximum atomic E-state index is 5.85. The van der Waals surface area contributed by atoms with Crippen molar-refractivity contribution in [2.45, 2.75) is 13.8 Å². The molecule has 1 aromatic carbocycles. The highest BCUT2D eigenvalue weighted by molar-refractivity contribution is 5.57. The van der Waals surface area contributed by atoms with E-state index in [9.17, 15) is 0 Å². The lowest BCUT2D eigenvalue weighted by atomic mass is 10.1. The Labute approximate surface area is 105 Å². The van der Waals surface area contributed by atoms with Crippen LogP contribution in [0.4, 0.5) is 11.4 Å². The second kappa shape index (κ2) is 5.41. The summed E-state index contributed by atoms with van der Waals surface area (Å²) in [4.78, 5) is 2.40. The number of quaternary nitrogens is 1. The number of nitrogens with two attached hydrogens (primary N) is 1. The van der Waals surface area contributed by atoms with Crippen molar-refractivity contribution >= 4 is 11.4 Å². The highest BCUT2D eigenvalue weighted by Gasteiger charge is 2.11. The van der Waals surface area contributed by atoms with Crippen LogP contribution in [-0.4, -0.2) is 45.3 Å². The molecule has 0 aliphatic carbocycles. The molecule has 0 spiro atoms. The van der Waals surface area contributed by atoms with Gasteiger partial charge < -0.3 is 15.1 Å². The van der Waals surface area contributed by atoms with Crippen molar-refractivity contribution in [1.29, 1.82) is 0 Å².